The van der Waals surface area contributed by atoms with Gasteiger partial charge in [-0.1, -0.05) is 23.7 Å². The maximum absolute atomic E-state index is 13.2. The summed E-state index contributed by atoms with van der Waals surface area (Å²) in [7, 11) is 5.31. The standard InChI is InChI=1S/C34H33ClN6O3S2/c1-19-29-27(38-37-19)18-45-16-21-14-22(41(3)39-21)17-46-23-13-20-7-5-11-36-31(20)28(15-23)44-12-6-8-24-25-9-10-26(35)30(29)32(25)40(2)33(24)34(42)43-4/h5,7,9-11,13-15H,6,8,12,16-18H2,1-4H3,(H,37,38). The van der Waals surface area contributed by atoms with E-state index in [0.717, 1.165) is 83.4 Å². The second-order valence-corrected chi connectivity index (χ2v) is 13.8. The van der Waals surface area contributed by atoms with Gasteiger partial charge in [0.15, 0.2) is 0 Å². The van der Waals surface area contributed by atoms with Crippen molar-refractivity contribution in [3.8, 4) is 16.9 Å². The number of carbonyl (C=O) groups is 1. The van der Waals surface area contributed by atoms with Gasteiger partial charge in [0.05, 0.1) is 41.3 Å². The SMILES string of the molecule is COC(=O)c1c2c3ccc(Cl)c(c3n1C)-c1c(C)n[nH]c1CSCc1cc(n(C)n1)CSc1cc(c3ncccc3c1)OCCC2. The highest BCUT2D eigenvalue weighted by atomic mass is 35.5. The van der Waals surface area contributed by atoms with E-state index in [4.69, 9.17) is 26.2 Å². The molecule has 0 atom stereocenters. The summed E-state index contributed by atoms with van der Waals surface area (Å²) in [5, 5.41) is 15.2. The molecule has 0 aliphatic carbocycles. The van der Waals surface area contributed by atoms with Crippen molar-refractivity contribution >= 4 is 62.9 Å². The van der Waals surface area contributed by atoms with Crippen LogP contribution in [0.15, 0.2) is 53.6 Å². The van der Waals surface area contributed by atoms with Crippen molar-refractivity contribution < 1.29 is 14.3 Å². The van der Waals surface area contributed by atoms with E-state index in [1.807, 2.05) is 48.5 Å². The van der Waals surface area contributed by atoms with Crippen LogP contribution in [0.3, 0.4) is 0 Å². The molecule has 0 unspecified atom stereocenters. The first-order chi connectivity index (χ1) is 22.3. The number of ether oxygens (including phenoxy) is 2. The van der Waals surface area contributed by atoms with E-state index in [9.17, 15) is 4.79 Å². The summed E-state index contributed by atoms with van der Waals surface area (Å²) in [6.45, 7) is 2.43. The highest BCUT2D eigenvalue weighted by Gasteiger charge is 2.27. The minimum absolute atomic E-state index is 0.388. The van der Waals surface area contributed by atoms with Gasteiger partial charge in [0.2, 0.25) is 0 Å². The Balaban J connectivity index is 1.35. The van der Waals surface area contributed by atoms with Gasteiger partial charge in [0, 0.05) is 70.0 Å². The molecule has 0 radical (unpaired) electrons. The van der Waals surface area contributed by atoms with Gasteiger partial charge >= 0.3 is 5.97 Å². The maximum Gasteiger partial charge on any atom is 0.354 e. The van der Waals surface area contributed by atoms with Crippen molar-refractivity contribution in [3.05, 3.63) is 87.7 Å². The monoisotopic (exact) mass is 672 g/mol. The van der Waals surface area contributed by atoms with Crippen molar-refractivity contribution in [1.29, 1.82) is 0 Å². The number of thioether (sulfide) groups is 2. The lowest BCUT2D eigenvalue weighted by Crippen LogP contribution is -2.11. The molecule has 12 heteroatoms. The molecule has 2 aromatic carbocycles. The van der Waals surface area contributed by atoms with Gasteiger partial charge < -0.3 is 14.0 Å². The van der Waals surface area contributed by atoms with Crippen LogP contribution in [0.1, 0.15) is 45.2 Å². The predicted molar refractivity (Wildman–Crippen MR) is 185 cm³/mol. The van der Waals surface area contributed by atoms with Crippen molar-refractivity contribution in [3.63, 3.8) is 0 Å². The van der Waals surface area contributed by atoms with Crippen LogP contribution in [0.4, 0.5) is 0 Å². The van der Waals surface area contributed by atoms with Crippen LogP contribution in [0.2, 0.25) is 5.02 Å². The van der Waals surface area contributed by atoms with Crippen molar-refractivity contribution in [2.24, 2.45) is 14.1 Å². The highest BCUT2D eigenvalue weighted by Crippen LogP contribution is 2.42. The van der Waals surface area contributed by atoms with Crippen molar-refractivity contribution in [2.45, 2.75) is 41.9 Å². The molecule has 0 spiro atoms. The predicted octanol–water partition coefficient (Wildman–Crippen LogP) is 7.65. The van der Waals surface area contributed by atoms with Crippen LogP contribution < -0.4 is 4.74 Å². The van der Waals surface area contributed by atoms with E-state index in [1.54, 1.807) is 29.7 Å². The largest absolute Gasteiger partial charge is 0.491 e. The Labute approximate surface area is 280 Å². The van der Waals surface area contributed by atoms with Crippen LogP contribution in [0.5, 0.6) is 5.75 Å². The van der Waals surface area contributed by atoms with Crippen LogP contribution >= 0.6 is 35.1 Å². The number of rotatable bonds is 1. The molecule has 7 rings (SSSR count). The number of esters is 1. The van der Waals surface area contributed by atoms with Crippen LogP contribution in [0.25, 0.3) is 32.9 Å². The molecule has 46 heavy (non-hydrogen) atoms. The fraction of sp³-hybridized carbons (Fsp3) is 0.294. The van der Waals surface area contributed by atoms with E-state index in [-0.39, 0.29) is 5.97 Å². The highest BCUT2D eigenvalue weighted by molar-refractivity contribution is 7.98. The number of aromatic amines is 1. The Bertz CT molecular complexity index is 2120. The van der Waals surface area contributed by atoms with Crippen molar-refractivity contribution in [2.75, 3.05) is 13.7 Å². The molecule has 0 saturated heterocycles. The lowest BCUT2D eigenvalue weighted by atomic mass is 9.98. The minimum atomic E-state index is -0.388. The molecule has 9 nitrogen and oxygen atoms in total. The summed E-state index contributed by atoms with van der Waals surface area (Å²) in [5.41, 5.74) is 8.93. The number of fused-ring (bicyclic) bond motifs is 8. The number of methoxy groups -OCH3 is 1. The number of hydrogen-bond acceptors (Lipinski definition) is 8. The number of aryl methyl sites for hydroxylation is 4. The number of H-pyrrole nitrogens is 1. The van der Waals surface area contributed by atoms with Gasteiger partial charge in [-0.05, 0) is 55.7 Å². The molecule has 0 amide bonds. The smallest absolute Gasteiger partial charge is 0.354 e. The number of nitrogens with zero attached hydrogens (tertiary/aromatic N) is 5. The van der Waals surface area contributed by atoms with Gasteiger partial charge in [-0.3, -0.25) is 14.8 Å². The molecule has 8 bridgehead atoms. The fourth-order valence-corrected chi connectivity index (χ4v) is 8.41. The molecule has 0 saturated carbocycles. The van der Waals surface area contributed by atoms with Gasteiger partial charge in [0.1, 0.15) is 17.0 Å². The molecule has 1 N–H and O–H groups in total. The summed E-state index contributed by atoms with van der Waals surface area (Å²) in [6, 6.07) is 14.3. The first-order valence-electron chi connectivity index (χ1n) is 15.0. The zero-order chi connectivity index (χ0) is 31.9. The summed E-state index contributed by atoms with van der Waals surface area (Å²) in [6.07, 6.45) is 3.08. The third-order valence-corrected chi connectivity index (χ3v) is 10.8. The number of halogens is 1. The van der Waals surface area contributed by atoms with E-state index < -0.39 is 0 Å². The Morgan fingerprint density at radius 3 is 2.83 bits per heavy atom. The average molecular weight is 673 g/mol. The minimum Gasteiger partial charge on any atom is -0.491 e. The zero-order valence-electron chi connectivity index (χ0n) is 26.0. The number of nitrogens with one attached hydrogen (secondary N) is 1. The quantitative estimate of drug-likeness (QED) is 0.178. The maximum atomic E-state index is 13.2. The van der Waals surface area contributed by atoms with E-state index in [1.165, 1.54) is 7.11 Å². The summed E-state index contributed by atoms with van der Waals surface area (Å²) in [5.74, 6) is 2.57. The van der Waals surface area contributed by atoms with Gasteiger partial charge in [-0.25, -0.2) is 4.79 Å². The third-order valence-electron chi connectivity index (χ3n) is 8.44. The first kappa shape index (κ1) is 30.7. The molecule has 4 aromatic heterocycles. The summed E-state index contributed by atoms with van der Waals surface area (Å²) in [4.78, 5) is 19.0. The fourth-order valence-electron chi connectivity index (χ4n) is 6.31. The zero-order valence-corrected chi connectivity index (χ0v) is 28.4. The van der Waals surface area contributed by atoms with E-state index in [2.05, 4.69) is 39.4 Å². The Kier molecular flexibility index (Phi) is 8.48. The lowest BCUT2D eigenvalue weighted by Gasteiger charge is -2.12. The molecular weight excluding hydrogens is 640 g/mol. The Hall–Kier alpha value is -3.93. The Morgan fingerprint density at radius 1 is 1.11 bits per heavy atom. The topological polar surface area (TPSA) is 99.9 Å². The number of pyridine rings is 1. The molecule has 5 heterocycles. The summed E-state index contributed by atoms with van der Waals surface area (Å²) >= 11 is 10.5. The average Bonchev–Trinajstić information content (AvgIpc) is 3.69. The first-order valence-corrected chi connectivity index (χ1v) is 17.5. The number of carbonyl (C=O) groups excluding carboxylic acids is 1. The summed E-state index contributed by atoms with van der Waals surface area (Å²) < 4.78 is 15.6. The lowest BCUT2D eigenvalue weighted by molar-refractivity contribution is 0.0589. The third kappa shape index (κ3) is 5.54. The van der Waals surface area contributed by atoms with Gasteiger partial charge in [-0.15, -0.1) is 23.5 Å². The molecule has 236 valence electrons. The number of hydrogen-bond donors (Lipinski definition) is 1. The normalized spacial score (nSPS) is 14.2. The molecular formula is C34H33ClN6O3S2. The van der Waals surface area contributed by atoms with Crippen LogP contribution in [-0.2, 0) is 42.5 Å². The molecule has 1 aliphatic heterocycles. The van der Waals surface area contributed by atoms with Gasteiger partial charge in [0.25, 0.3) is 0 Å². The second-order valence-electron chi connectivity index (χ2n) is 11.3. The van der Waals surface area contributed by atoms with Crippen LogP contribution in [-0.4, -0.2) is 49.2 Å². The van der Waals surface area contributed by atoms with E-state index in [0.29, 0.717) is 35.9 Å². The molecule has 0 fully saturated rings. The number of aromatic nitrogens is 6. The molecule has 1 aliphatic rings. The van der Waals surface area contributed by atoms with E-state index >= 15 is 0 Å². The second kappa shape index (κ2) is 12.7. The van der Waals surface area contributed by atoms with Gasteiger partial charge in [-0.2, -0.15) is 10.2 Å². The molecule has 6 aromatic rings. The van der Waals surface area contributed by atoms with Crippen molar-refractivity contribution in [1.82, 2.24) is 29.5 Å². The number of benzene rings is 2. The van der Waals surface area contributed by atoms with Crippen LogP contribution in [0, 0.1) is 6.92 Å². The Morgan fingerprint density at radius 2 is 1.98 bits per heavy atom.